The minimum Gasteiger partial charge on any atom is -0.369 e. The van der Waals surface area contributed by atoms with Crippen molar-refractivity contribution in [1.29, 1.82) is 0 Å². The number of hydrogen-bond donors (Lipinski definition) is 1. The summed E-state index contributed by atoms with van der Waals surface area (Å²) in [6.45, 7) is 0. The second-order valence-corrected chi connectivity index (χ2v) is 2.67. The number of nitrogens with two attached hydrogens (primary N) is 1. The molecule has 1 amide bonds. The van der Waals surface area contributed by atoms with Gasteiger partial charge in [-0.05, 0) is 4.90 Å². The van der Waals surface area contributed by atoms with Crippen molar-refractivity contribution in [2.75, 3.05) is 14.1 Å². The summed E-state index contributed by atoms with van der Waals surface area (Å²) in [6.07, 6.45) is 1.37. The summed E-state index contributed by atoms with van der Waals surface area (Å²) in [5, 5.41) is 14.1. The molecule has 0 bridgehead atoms. The molecule has 0 aliphatic carbocycles. The van der Waals surface area contributed by atoms with E-state index in [2.05, 4.69) is 14.8 Å². The fourth-order valence-corrected chi connectivity index (χ4v) is 0.696. The van der Waals surface area contributed by atoms with Crippen LogP contribution in [0.25, 0.3) is 0 Å². The Morgan fingerprint density at radius 2 is 2.43 bits per heavy atom. The molecule has 8 heteroatoms. The standard InChI is InChI=1S/C6H9N5O3/c1-10(2)3-8-6-4(5(7)12)11(13)14-9-6/h3H,1-2H3,(H2,7,12). The third-order valence-corrected chi connectivity index (χ3v) is 1.24. The molecule has 8 nitrogen and oxygen atoms in total. The number of nitrogens with zero attached hydrogens (tertiary/aromatic N) is 4. The van der Waals surface area contributed by atoms with E-state index >= 15 is 0 Å². The molecule has 14 heavy (non-hydrogen) atoms. The van der Waals surface area contributed by atoms with E-state index < -0.39 is 11.6 Å². The third-order valence-electron chi connectivity index (χ3n) is 1.24. The van der Waals surface area contributed by atoms with Crippen LogP contribution in [0.5, 0.6) is 0 Å². The van der Waals surface area contributed by atoms with E-state index in [4.69, 9.17) is 5.73 Å². The Morgan fingerprint density at radius 1 is 1.79 bits per heavy atom. The van der Waals surface area contributed by atoms with Crippen LogP contribution in [0.4, 0.5) is 5.82 Å². The number of hydrogen-bond acceptors (Lipinski definition) is 5. The SMILES string of the molecule is CN(C)C=Nc1no[n+]([O-])c1C(N)=O. The molecule has 0 radical (unpaired) electrons. The lowest BCUT2D eigenvalue weighted by Crippen LogP contribution is -2.34. The van der Waals surface area contributed by atoms with Gasteiger partial charge in [0.25, 0.3) is 5.91 Å². The Labute approximate surface area is 79.1 Å². The highest BCUT2D eigenvalue weighted by molar-refractivity contribution is 5.93. The van der Waals surface area contributed by atoms with Gasteiger partial charge in [-0.15, -0.1) is 0 Å². The topological polar surface area (TPSA) is 112 Å². The fraction of sp³-hybridized carbons (Fsp3) is 0.333. The van der Waals surface area contributed by atoms with Crippen LogP contribution in [0, 0.1) is 5.21 Å². The first kappa shape index (κ1) is 9.96. The van der Waals surface area contributed by atoms with Crippen LogP contribution in [0.1, 0.15) is 10.5 Å². The molecule has 76 valence electrons. The van der Waals surface area contributed by atoms with Crippen LogP contribution in [0.2, 0.25) is 0 Å². The van der Waals surface area contributed by atoms with Crippen molar-refractivity contribution >= 4 is 18.1 Å². The molecule has 0 atom stereocenters. The molecular weight excluding hydrogens is 190 g/mol. The Morgan fingerprint density at radius 3 is 2.93 bits per heavy atom. The van der Waals surface area contributed by atoms with Crippen molar-refractivity contribution in [1.82, 2.24) is 10.1 Å². The highest BCUT2D eigenvalue weighted by atomic mass is 16.8. The normalized spacial score (nSPS) is 10.7. The van der Waals surface area contributed by atoms with Crippen LogP contribution in [0.15, 0.2) is 9.62 Å². The minimum atomic E-state index is -0.938. The Kier molecular flexibility index (Phi) is 2.65. The second-order valence-electron chi connectivity index (χ2n) is 2.67. The lowest BCUT2D eigenvalue weighted by Gasteiger charge is -1.99. The van der Waals surface area contributed by atoms with E-state index in [1.807, 2.05) is 0 Å². The van der Waals surface area contributed by atoms with Gasteiger partial charge in [0.1, 0.15) is 0 Å². The van der Waals surface area contributed by atoms with Gasteiger partial charge in [0.15, 0.2) is 0 Å². The maximum atomic E-state index is 10.8. The monoisotopic (exact) mass is 199 g/mol. The Hall–Kier alpha value is -2.12. The van der Waals surface area contributed by atoms with E-state index in [1.165, 1.54) is 6.34 Å². The van der Waals surface area contributed by atoms with Crippen molar-refractivity contribution < 1.29 is 14.3 Å². The van der Waals surface area contributed by atoms with Crippen molar-refractivity contribution in [3.05, 3.63) is 10.9 Å². The predicted octanol–water partition coefficient (Wildman–Crippen LogP) is -1.37. The number of aliphatic imine (C=N–C) groups is 1. The van der Waals surface area contributed by atoms with Crippen LogP contribution >= 0.6 is 0 Å². The minimum absolute atomic E-state index is 0.0787. The van der Waals surface area contributed by atoms with E-state index in [-0.39, 0.29) is 10.7 Å². The third kappa shape index (κ3) is 1.97. The number of carbonyl (C=O) groups excluding carboxylic acids is 1. The zero-order chi connectivity index (χ0) is 10.7. The molecule has 0 fully saturated rings. The number of aromatic nitrogens is 2. The van der Waals surface area contributed by atoms with Gasteiger partial charge in [-0.2, -0.15) is 4.99 Å². The first-order valence-electron chi connectivity index (χ1n) is 3.62. The van der Waals surface area contributed by atoms with Crippen LogP contribution in [-0.2, 0) is 0 Å². The first-order valence-corrected chi connectivity index (χ1v) is 3.62. The lowest BCUT2D eigenvalue weighted by atomic mass is 10.4. The fourth-order valence-electron chi connectivity index (χ4n) is 0.696. The number of amides is 1. The quantitative estimate of drug-likeness (QED) is 0.366. The predicted molar refractivity (Wildman–Crippen MR) is 45.8 cm³/mol. The van der Waals surface area contributed by atoms with Gasteiger partial charge in [-0.3, -0.25) is 9.42 Å². The van der Waals surface area contributed by atoms with Crippen molar-refractivity contribution in [3.8, 4) is 0 Å². The summed E-state index contributed by atoms with van der Waals surface area (Å²) in [5.41, 5.74) is 4.51. The summed E-state index contributed by atoms with van der Waals surface area (Å²) in [6, 6.07) is 0. The summed E-state index contributed by atoms with van der Waals surface area (Å²) < 4.78 is 4.17. The smallest absolute Gasteiger partial charge is 0.347 e. The average Bonchev–Trinajstić information content (AvgIpc) is 2.43. The molecule has 0 saturated heterocycles. The molecule has 0 saturated carbocycles. The Balaban J connectivity index is 3.04. The maximum Gasteiger partial charge on any atom is 0.347 e. The largest absolute Gasteiger partial charge is 0.369 e. The highest BCUT2D eigenvalue weighted by Crippen LogP contribution is 2.09. The molecule has 0 spiro atoms. The van der Waals surface area contributed by atoms with Crippen LogP contribution < -0.4 is 10.6 Å². The van der Waals surface area contributed by atoms with E-state index in [9.17, 15) is 10.0 Å². The van der Waals surface area contributed by atoms with Gasteiger partial charge in [0.05, 0.1) is 11.5 Å². The highest BCUT2D eigenvalue weighted by Gasteiger charge is 2.23. The number of carbonyl (C=O) groups is 1. The maximum absolute atomic E-state index is 10.8. The van der Waals surface area contributed by atoms with Gasteiger partial charge in [-0.1, -0.05) is 0 Å². The average molecular weight is 199 g/mol. The molecule has 0 aliphatic heterocycles. The molecule has 1 rings (SSSR count). The van der Waals surface area contributed by atoms with E-state index in [0.717, 1.165) is 0 Å². The number of rotatable bonds is 3. The van der Waals surface area contributed by atoms with Crippen molar-refractivity contribution in [2.45, 2.75) is 0 Å². The summed E-state index contributed by atoms with van der Waals surface area (Å²) in [5.74, 6) is -1.08. The van der Waals surface area contributed by atoms with Gasteiger partial charge in [-0.25, -0.2) is 0 Å². The van der Waals surface area contributed by atoms with Crippen LogP contribution in [0.3, 0.4) is 0 Å². The molecule has 0 aromatic carbocycles. The van der Waals surface area contributed by atoms with Crippen LogP contribution in [-0.4, -0.2) is 36.4 Å². The van der Waals surface area contributed by atoms with Gasteiger partial charge < -0.3 is 15.8 Å². The Bertz CT molecular complexity index is 370. The second kappa shape index (κ2) is 3.73. The van der Waals surface area contributed by atoms with Gasteiger partial charge in [0.2, 0.25) is 0 Å². The van der Waals surface area contributed by atoms with E-state index in [0.29, 0.717) is 0 Å². The van der Waals surface area contributed by atoms with Crippen molar-refractivity contribution in [2.24, 2.45) is 10.7 Å². The van der Waals surface area contributed by atoms with Gasteiger partial charge in [0, 0.05) is 14.1 Å². The van der Waals surface area contributed by atoms with E-state index in [1.54, 1.807) is 19.0 Å². The van der Waals surface area contributed by atoms with Crippen molar-refractivity contribution in [3.63, 3.8) is 0 Å². The van der Waals surface area contributed by atoms with Gasteiger partial charge >= 0.3 is 11.5 Å². The molecule has 0 aliphatic rings. The summed E-state index contributed by atoms with van der Waals surface area (Å²) >= 11 is 0. The zero-order valence-electron chi connectivity index (χ0n) is 7.67. The first-order chi connectivity index (χ1) is 6.52. The molecule has 1 aromatic rings. The molecule has 0 unspecified atom stereocenters. The zero-order valence-corrected chi connectivity index (χ0v) is 7.67. The molecule has 1 heterocycles. The molecule has 2 N–H and O–H groups in total. The summed E-state index contributed by atoms with van der Waals surface area (Å²) in [4.78, 5) is 16.0. The number of primary amides is 1. The molecule has 1 aromatic heterocycles. The lowest BCUT2D eigenvalue weighted by molar-refractivity contribution is -0.803. The molecular formula is C6H9N5O3. The summed E-state index contributed by atoms with van der Waals surface area (Å²) in [7, 11) is 3.44.